The number of carbonyl (C=O) groups excluding carboxylic acids is 3. The predicted molar refractivity (Wildman–Crippen MR) is 79.7 cm³/mol. The van der Waals surface area contributed by atoms with E-state index in [1.165, 1.54) is 25.4 Å². The zero-order valence-corrected chi connectivity index (χ0v) is 13.4. The maximum absolute atomic E-state index is 12.1. The van der Waals surface area contributed by atoms with Gasteiger partial charge in [0.05, 0.1) is 19.6 Å². The van der Waals surface area contributed by atoms with Crippen LogP contribution in [0.3, 0.4) is 0 Å². The van der Waals surface area contributed by atoms with E-state index in [4.69, 9.17) is 0 Å². The van der Waals surface area contributed by atoms with Crippen molar-refractivity contribution in [2.45, 2.75) is 38.8 Å². The van der Waals surface area contributed by atoms with Crippen LogP contribution in [0, 0.1) is 0 Å². The van der Waals surface area contributed by atoms with Crippen LogP contribution in [-0.2, 0) is 19.1 Å². The van der Waals surface area contributed by atoms with E-state index in [0.29, 0.717) is 0 Å². The molecule has 1 aromatic rings. The highest BCUT2D eigenvalue weighted by Crippen LogP contribution is 2.22. The molecule has 0 spiro atoms. The second-order valence-corrected chi connectivity index (χ2v) is 6.12. The van der Waals surface area contributed by atoms with Crippen molar-refractivity contribution in [2.24, 2.45) is 0 Å². The smallest absolute Gasteiger partial charge is 0.330 e. The molecule has 0 aliphatic carbocycles. The lowest BCUT2D eigenvalue weighted by Crippen LogP contribution is -2.51. The molecule has 1 rings (SSSR count). The molecular formula is C14H20N2O4S. The molecule has 0 unspecified atom stereocenters. The minimum atomic E-state index is -1.11. The van der Waals surface area contributed by atoms with Crippen molar-refractivity contribution in [2.75, 3.05) is 7.11 Å². The minimum Gasteiger partial charge on any atom is -0.467 e. The normalized spacial score (nSPS) is 12.4. The van der Waals surface area contributed by atoms with Gasteiger partial charge in [0.25, 0.3) is 0 Å². The van der Waals surface area contributed by atoms with Gasteiger partial charge >= 0.3 is 5.97 Å². The predicted octanol–water partition coefficient (Wildman–Crippen LogP) is 1.38. The Labute approximate surface area is 127 Å². The summed E-state index contributed by atoms with van der Waals surface area (Å²) < 4.78 is 4.64. The summed E-state index contributed by atoms with van der Waals surface area (Å²) in [6, 6.07) is 3.30. The van der Waals surface area contributed by atoms with Gasteiger partial charge in [-0.15, -0.1) is 11.3 Å². The standard InChI is InChI=1S/C14H20N2O4S/c1-9(17)15-10(11-6-5-7-21-11)8-12(18)16-14(2,3)13(19)20-4/h5-7,10H,8H2,1-4H3,(H,15,17)(H,16,18)/t10-/m1/s1. The Morgan fingerprint density at radius 1 is 1.38 bits per heavy atom. The van der Waals surface area contributed by atoms with E-state index in [-0.39, 0.29) is 18.2 Å². The summed E-state index contributed by atoms with van der Waals surface area (Å²) in [6.45, 7) is 4.53. The molecule has 0 fully saturated rings. The Morgan fingerprint density at radius 2 is 2.05 bits per heavy atom. The number of amides is 2. The van der Waals surface area contributed by atoms with E-state index in [2.05, 4.69) is 15.4 Å². The van der Waals surface area contributed by atoms with Crippen LogP contribution >= 0.6 is 11.3 Å². The molecule has 0 aliphatic rings. The zero-order chi connectivity index (χ0) is 16.0. The van der Waals surface area contributed by atoms with Crippen LogP contribution in [0.25, 0.3) is 0 Å². The van der Waals surface area contributed by atoms with Crippen molar-refractivity contribution in [3.8, 4) is 0 Å². The van der Waals surface area contributed by atoms with Crippen molar-refractivity contribution in [1.82, 2.24) is 10.6 Å². The van der Waals surface area contributed by atoms with E-state index < -0.39 is 17.6 Å². The number of thiophene rings is 1. The third kappa shape index (κ3) is 5.18. The van der Waals surface area contributed by atoms with Crippen molar-refractivity contribution < 1.29 is 19.1 Å². The van der Waals surface area contributed by atoms with Crippen molar-refractivity contribution >= 4 is 29.1 Å². The van der Waals surface area contributed by atoms with Gasteiger partial charge in [-0.3, -0.25) is 9.59 Å². The minimum absolute atomic E-state index is 0.0561. The first kappa shape index (κ1) is 17.2. The molecule has 2 N–H and O–H groups in total. The van der Waals surface area contributed by atoms with E-state index in [9.17, 15) is 14.4 Å². The summed E-state index contributed by atoms with van der Waals surface area (Å²) in [6.07, 6.45) is 0.0561. The first-order valence-corrected chi connectivity index (χ1v) is 7.34. The van der Waals surface area contributed by atoms with Gasteiger partial charge in [-0.05, 0) is 25.3 Å². The van der Waals surface area contributed by atoms with Gasteiger partial charge in [0, 0.05) is 11.8 Å². The highest BCUT2D eigenvalue weighted by molar-refractivity contribution is 7.10. The molecule has 0 bridgehead atoms. The summed E-state index contributed by atoms with van der Waals surface area (Å²) in [4.78, 5) is 35.8. The highest BCUT2D eigenvalue weighted by atomic mass is 32.1. The Bertz CT molecular complexity index is 511. The fourth-order valence-electron chi connectivity index (χ4n) is 1.85. The van der Waals surface area contributed by atoms with Crippen molar-refractivity contribution in [3.05, 3.63) is 22.4 Å². The van der Waals surface area contributed by atoms with Crippen molar-refractivity contribution in [1.29, 1.82) is 0 Å². The monoisotopic (exact) mass is 312 g/mol. The molecule has 0 saturated heterocycles. The average Bonchev–Trinajstić information content (AvgIpc) is 2.89. The Hall–Kier alpha value is -1.89. The molecule has 1 atom stereocenters. The number of hydrogen-bond acceptors (Lipinski definition) is 5. The largest absolute Gasteiger partial charge is 0.467 e. The Morgan fingerprint density at radius 3 is 2.52 bits per heavy atom. The molecule has 0 radical (unpaired) electrons. The number of rotatable bonds is 6. The first-order valence-electron chi connectivity index (χ1n) is 6.46. The van der Waals surface area contributed by atoms with Gasteiger partial charge < -0.3 is 15.4 Å². The van der Waals surface area contributed by atoms with E-state index >= 15 is 0 Å². The van der Waals surface area contributed by atoms with E-state index in [0.717, 1.165) is 4.88 Å². The summed E-state index contributed by atoms with van der Waals surface area (Å²) >= 11 is 1.46. The van der Waals surface area contributed by atoms with E-state index in [1.807, 2.05) is 17.5 Å². The van der Waals surface area contributed by atoms with E-state index in [1.54, 1.807) is 13.8 Å². The number of nitrogens with one attached hydrogen (secondary N) is 2. The Balaban J connectivity index is 2.73. The van der Waals surface area contributed by atoms with Gasteiger partial charge in [0.1, 0.15) is 5.54 Å². The molecule has 0 aliphatic heterocycles. The van der Waals surface area contributed by atoms with Crippen LogP contribution in [0.4, 0.5) is 0 Å². The van der Waals surface area contributed by atoms with Crippen LogP contribution < -0.4 is 10.6 Å². The topological polar surface area (TPSA) is 84.5 Å². The first-order chi connectivity index (χ1) is 9.76. The molecule has 6 nitrogen and oxygen atoms in total. The summed E-state index contributed by atoms with van der Waals surface area (Å²) in [7, 11) is 1.27. The SMILES string of the molecule is COC(=O)C(C)(C)NC(=O)C[C@@H](NC(C)=O)c1cccs1. The molecule has 0 saturated carbocycles. The number of ether oxygens (including phenoxy) is 1. The summed E-state index contributed by atoms with van der Waals surface area (Å²) in [5.41, 5.74) is -1.11. The molecule has 1 aromatic heterocycles. The molecule has 0 aromatic carbocycles. The van der Waals surface area contributed by atoms with Crippen LogP contribution in [-0.4, -0.2) is 30.4 Å². The van der Waals surface area contributed by atoms with Gasteiger partial charge in [0.15, 0.2) is 0 Å². The maximum atomic E-state index is 12.1. The second kappa shape index (κ2) is 7.21. The van der Waals surface area contributed by atoms with Gasteiger partial charge in [-0.2, -0.15) is 0 Å². The molecular weight excluding hydrogens is 292 g/mol. The van der Waals surface area contributed by atoms with Gasteiger partial charge in [0.2, 0.25) is 11.8 Å². The lowest BCUT2D eigenvalue weighted by Gasteiger charge is -2.24. The lowest BCUT2D eigenvalue weighted by molar-refractivity contribution is -0.149. The molecule has 21 heavy (non-hydrogen) atoms. The van der Waals surface area contributed by atoms with Crippen molar-refractivity contribution in [3.63, 3.8) is 0 Å². The Kier molecular flexibility index (Phi) is 5.90. The maximum Gasteiger partial charge on any atom is 0.330 e. The summed E-state index contributed by atoms with van der Waals surface area (Å²) in [5.74, 6) is -1.07. The third-order valence-corrected chi connectivity index (χ3v) is 3.79. The van der Waals surface area contributed by atoms with Crippen LogP contribution in [0.1, 0.15) is 38.1 Å². The van der Waals surface area contributed by atoms with Crippen LogP contribution in [0.2, 0.25) is 0 Å². The fourth-order valence-corrected chi connectivity index (χ4v) is 2.63. The molecule has 116 valence electrons. The fraction of sp³-hybridized carbons (Fsp3) is 0.500. The highest BCUT2D eigenvalue weighted by Gasteiger charge is 2.31. The zero-order valence-electron chi connectivity index (χ0n) is 12.6. The number of methoxy groups -OCH3 is 1. The average molecular weight is 312 g/mol. The van der Waals surface area contributed by atoms with Gasteiger partial charge in [-0.25, -0.2) is 4.79 Å². The number of esters is 1. The number of carbonyl (C=O) groups is 3. The quantitative estimate of drug-likeness (QED) is 0.777. The summed E-state index contributed by atoms with van der Waals surface area (Å²) in [5, 5.41) is 7.22. The van der Waals surface area contributed by atoms with Crippen LogP contribution in [0.15, 0.2) is 17.5 Å². The van der Waals surface area contributed by atoms with Crippen LogP contribution in [0.5, 0.6) is 0 Å². The lowest BCUT2D eigenvalue weighted by atomic mass is 10.0. The molecule has 2 amide bonds. The number of hydrogen-bond donors (Lipinski definition) is 2. The molecule has 7 heteroatoms. The molecule has 1 heterocycles. The third-order valence-electron chi connectivity index (χ3n) is 2.80. The second-order valence-electron chi connectivity index (χ2n) is 5.14. The van der Waals surface area contributed by atoms with Gasteiger partial charge in [-0.1, -0.05) is 6.07 Å².